The van der Waals surface area contributed by atoms with Crippen LogP contribution in [0.4, 0.5) is 0 Å². The van der Waals surface area contributed by atoms with Crippen LogP contribution in [-0.2, 0) is 0 Å². The summed E-state index contributed by atoms with van der Waals surface area (Å²) in [7, 11) is 0. The molecule has 29 heavy (non-hydrogen) atoms. The average Bonchev–Trinajstić information content (AvgIpc) is 3.31. The largest absolute Gasteiger partial charge is 0.463 e. The number of carbonyl (C=O) groups excluding carboxylic acids is 1. The van der Waals surface area contributed by atoms with E-state index in [1.165, 1.54) is 0 Å². The lowest BCUT2D eigenvalue weighted by Gasteiger charge is -2.11. The van der Waals surface area contributed by atoms with Crippen LogP contribution in [0.2, 0.25) is 0 Å². The fourth-order valence-corrected chi connectivity index (χ4v) is 3.00. The first-order chi connectivity index (χ1) is 14.3. The smallest absolute Gasteiger partial charge is 0.193 e. The fraction of sp³-hybridized carbons (Fsp3) is 0. The number of nitrogens with zero attached hydrogens (tertiary/aromatic N) is 2. The van der Waals surface area contributed by atoms with Crippen molar-refractivity contribution >= 4 is 17.7 Å². The number of rotatable bonds is 6. The number of benzene rings is 3. The highest BCUT2D eigenvalue weighted by Crippen LogP contribution is 2.19. The van der Waals surface area contributed by atoms with Gasteiger partial charge in [0.25, 0.3) is 0 Å². The van der Waals surface area contributed by atoms with Crippen molar-refractivity contribution in [2.75, 3.05) is 0 Å². The highest BCUT2D eigenvalue weighted by Gasteiger charge is 2.18. The van der Waals surface area contributed by atoms with E-state index in [2.05, 4.69) is 10.2 Å². The van der Waals surface area contributed by atoms with Crippen LogP contribution in [0.5, 0.6) is 0 Å². The van der Waals surface area contributed by atoms with Gasteiger partial charge in [0.1, 0.15) is 11.5 Å². The Hall–Kier alpha value is -4.05. The summed E-state index contributed by atoms with van der Waals surface area (Å²) in [6, 6.07) is 30.0. The zero-order valence-corrected chi connectivity index (χ0v) is 15.6. The molecule has 0 radical (unpaired) electrons. The molecule has 0 aliphatic rings. The van der Waals surface area contributed by atoms with Crippen LogP contribution in [0.1, 0.15) is 32.8 Å². The van der Waals surface area contributed by atoms with E-state index in [-0.39, 0.29) is 5.78 Å². The van der Waals surface area contributed by atoms with Gasteiger partial charge in [-0.2, -0.15) is 5.10 Å². The monoisotopic (exact) mass is 378 g/mol. The van der Waals surface area contributed by atoms with Gasteiger partial charge >= 0.3 is 0 Å². The third kappa shape index (κ3) is 4.28. The number of furan rings is 1. The average molecular weight is 378 g/mol. The summed E-state index contributed by atoms with van der Waals surface area (Å²) in [6.07, 6.45) is 3.13. The number of ketones is 1. The molecular formula is C25H18N2O2. The van der Waals surface area contributed by atoms with Crippen molar-refractivity contribution in [3.8, 4) is 0 Å². The Morgan fingerprint density at radius 1 is 0.690 bits per heavy atom. The second-order valence-corrected chi connectivity index (χ2v) is 6.32. The summed E-state index contributed by atoms with van der Waals surface area (Å²) in [4.78, 5) is 13.2. The van der Waals surface area contributed by atoms with Crippen molar-refractivity contribution in [2.45, 2.75) is 0 Å². The Kier molecular flexibility index (Phi) is 5.53. The Balaban J connectivity index is 1.80. The molecule has 0 spiro atoms. The van der Waals surface area contributed by atoms with Gasteiger partial charge in [0.05, 0.1) is 12.5 Å². The summed E-state index contributed by atoms with van der Waals surface area (Å²) in [5.41, 5.74) is 3.43. The molecule has 0 saturated heterocycles. The maximum atomic E-state index is 13.2. The lowest BCUT2D eigenvalue weighted by molar-refractivity contribution is 0.103. The molecule has 4 nitrogen and oxygen atoms in total. The minimum Gasteiger partial charge on any atom is -0.463 e. The first-order valence-electron chi connectivity index (χ1n) is 9.22. The van der Waals surface area contributed by atoms with Crippen LogP contribution in [0.15, 0.2) is 118 Å². The number of hydrogen-bond acceptors (Lipinski definition) is 4. The molecule has 0 fully saturated rings. The molecule has 3 aromatic carbocycles. The third-order valence-electron chi connectivity index (χ3n) is 4.40. The van der Waals surface area contributed by atoms with Crippen molar-refractivity contribution in [2.24, 2.45) is 10.2 Å². The van der Waals surface area contributed by atoms with Gasteiger partial charge in [0.2, 0.25) is 0 Å². The molecule has 1 aromatic heterocycles. The maximum Gasteiger partial charge on any atom is 0.193 e. The third-order valence-corrected chi connectivity index (χ3v) is 4.40. The second-order valence-electron chi connectivity index (χ2n) is 6.32. The highest BCUT2D eigenvalue weighted by molar-refractivity contribution is 6.21. The standard InChI is InChI=1S/C25H18N2O2/c28-25(20-12-5-2-6-13-20)23-16-8-7-15-22(23)24(19-10-3-1-4-11-19)27-26-18-21-14-9-17-29-21/h1-18H/b26-18+,27-24+. The predicted octanol–water partition coefficient (Wildman–Crippen LogP) is 5.38. The van der Waals surface area contributed by atoms with Gasteiger partial charge in [-0.15, -0.1) is 5.10 Å². The van der Waals surface area contributed by atoms with Gasteiger partial charge in [0.15, 0.2) is 5.78 Å². The summed E-state index contributed by atoms with van der Waals surface area (Å²) in [6.45, 7) is 0. The van der Waals surface area contributed by atoms with Crippen molar-refractivity contribution in [3.05, 3.63) is 131 Å². The summed E-state index contributed by atoms with van der Waals surface area (Å²) in [5.74, 6) is 0.551. The van der Waals surface area contributed by atoms with Crippen LogP contribution in [0, 0.1) is 0 Å². The molecular weight excluding hydrogens is 360 g/mol. The van der Waals surface area contributed by atoms with Gasteiger partial charge in [-0.3, -0.25) is 4.79 Å². The van der Waals surface area contributed by atoms with Crippen molar-refractivity contribution in [1.29, 1.82) is 0 Å². The first-order valence-corrected chi connectivity index (χ1v) is 9.22. The van der Waals surface area contributed by atoms with Gasteiger partial charge in [-0.05, 0) is 12.1 Å². The zero-order chi connectivity index (χ0) is 19.9. The topological polar surface area (TPSA) is 54.9 Å². The normalized spacial score (nSPS) is 11.7. The summed E-state index contributed by atoms with van der Waals surface area (Å²) < 4.78 is 5.27. The molecule has 0 aliphatic heterocycles. The molecule has 4 rings (SSSR count). The van der Waals surface area contributed by atoms with E-state index in [1.54, 1.807) is 24.6 Å². The van der Waals surface area contributed by atoms with Crippen molar-refractivity contribution < 1.29 is 9.21 Å². The van der Waals surface area contributed by atoms with Crippen LogP contribution in [0.25, 0.3) is 0 Å². The summed E-state index contributed by atoms with van der Waals surface area (Å²) >= 11 is 0. The number of carbonyl (C=O) groups is 1. The fourth-order valence-electron chi connectivity index (χ4n) is 3.00. The molecule has 0 amide bonds. The van der Waals surface area contributed by atoms with Crippen molar-refractivity contribution in [1.82, 2.24) is 0 Å². The molecule has 0 saturated carbocycles. The van der Waals surface area contributed by atoms with E-state index in [0.717, 1.165) is 11.1 Å². The van der Waals surface area contributed by atoms with Gasteiger partial charge in [0, 0.05) is 22.3 Å². The van der Waals surface area contributed by atoms with Crippen LogP contribution in [0.3, 0.4) is 0 Å². The van der Waals surface area contributed by atoms with Gasteiger partial charge < -0.3 is 4.42 Å². The molecule has 140 valence electrons. The van der Waals surface area contributed by atoms with Crippen molar-refractivity contribution in [3.63, 3.8) is 0 Å². The van der Waals surface area contributed by atoms with Crippen LogP contribution in [-0.4, -0.2) is 17.7 Å². The lowest BCUT2D eigenvalue weighted by atomic mass is 9.93. The zero-order valence-electron chi connectivity index (χ0n) is 15.6. The number of hydrogen-bond donors (Lipinski definition) is 0. The predicted molar refractivity (Wildman–Crippen MR) is 115 cm³/mol. The molecule has 0 atom stereocenters. The van der Waals surface area contributed by atoms with Crippen LogP contribution < -0.4 is 0 Å². The molecule has 0 aliphatic carbocycles. The van der Waals surface area contributed by atoms with E-state index in [0.29, 0.717) is 22.6 Å². The Morgan fingerprint density at radius 2 is 1.31 bits per heavy atom. The van der Waals surface area contributed by atoms with E-state index in [1.807, 2.05) is 84.9 Å². The molecule has 0 bridgehead atoms. The van der Waals surface area contributed by atoms with Gasteiger partial charge in [-0.25, -0.2) is 0 Å². The maximum absolute atomic E-state index is 13.2. The SMILES string of the molecule is O=C(c1ccccc1)c1ccccc1/C(=N/N=C/c1ccco1)c1ccccc1. The summed E-state index contributed by atoms with van der Waals surface area (Å²) in [5, 5.41) is 8.65. The molecule has 0 unspecified atom stereocenters. The Labute approximate surface area is 168 Å². The molecule has 1 heterocycles. The highest BCUT2D eigenvalue weighted by atomic mass is 16.3. The van der Waals surface area contributed by atoms with Gasteiger partial charge in [-0.1, -0.05) is 84.9 Å². The Bertz CT molecular complexity index is 1150. The van der Waals surface area contributed by atoms with E-state index >= 15 is 0 Å². The minimum atomic E-state index is -0.0557. The second kappa shape index (κ2) is 8.76. The molecule has 4 aromatic rings. The first kappa shape index (κ1) is 18.3. The minimum absolute atomic E-state index is 0.0557. The lowest BCUT2D eigenvalue weighted by Crippen LogP contribution is -2.12. The molecule has 4 heteroatoms. The van der Waals surface area contributed by atoms with E-state index in [9.17, 15) is 4.79 Å². The quantitative estimate of drug-likeness (QED) is 0.257. The van der Waals surface area contributed by atoms with E-state index < -0.39 is 0 Å². The van der Waals surface area contributed by atoms with E-state index in [4.69, 9.17) is 4.42 Å². The van der Waals surface area contributed by atoms with Crippen LogP contribution >= 0.6 is 0 Å². The Morgan fingerprint density at radius 3 is 1.97 bits per heavy atom. The molecule has 0 N–H and O–H groups in total.